The van der Waals surface area contributed by atoms with Gasteiger partial charge in [0.05, 0.1) is 12.2 Å². The second-order valence-corrected chi connectivity index (χ2v) is 4.89. The van der Waals surface area contributed by atoms with Gasteiger partial charge in [0.25, 0.3) is 0 Å². The first-order valence-corrected chi connectivity index (χ1v) is 6.32. The summed E-state index contributed by atoms with van der Waals surface area (Å²) in [6.45, 7) is 4.70. The molecule has 0 fully saturated rings. The number of halogens is 3. The zero-order valence-corrected chi connectivity index (χ0v) is 11.5. The monoisotopic (exact) mass is 275 g/mol. The van der Waals surface area contributed by atoms with Gasteiger partial charge >= 0.3 is 6.18 Å². The van der Waals surface area contributed by atoms with Crippen LogP contribution >= 0.6 is 0 Å². The minimum atomic E-state index is -4.39. The first-order valence-electron chi connectivity index (χ1n) is 6.32. The number of hydrogen-bond acceptors (Lipinski definition) is 2. The molecule has 0 aliphatic heterocycles. The zero-order chi connectivity index (χ0) is 14.5. The molecule has 0 bridgehead atoms. The van der Waals surface area contributed by atoms with E-state index in [-0.39, 0.29) is 5.75 Å². The Morgan fingerprint density at radius 2 is 1.95 bits per heavy atom. The van der Waals surface area contributed by atoms with Crippen LogP contribution in [0.15, 0.2) is 18.2 Å². The van der Waals surface area contributed by atoms with Crippen LogP contribution in [0.1, 0.15) is 31.4 Å². The second kappa shape index (κ2) is 6.80. The fraction of sp³-hybridized carbons (Fsp3) is 0.571. The van der Waals surface area contributed by atoms with E-state index < -0.39 is 11.7 Å². The van der Waals surface area contributed by atoms with E-state index in [4.69, 9.17) is 4.74 Å². The van der Waals surface area contributed by atoms with Crippen LogP contribution in [0, 0.1) is 5.92 Å². The highest BCUT2D eigenvalue weighted by atomic mass is 19.4. The van der Waals surface area contributed by atoms with Gasteiger partial charge in [-0.1, -0.05) is 19.9 Å². The Morgan fingerprint density at radius 3 is 2.47 bits per heavy atom. The van der Waals surface area contributed by atoms with Crippen molar-refractivity contribution in [2.75, 3.05) is 13.7 Å². The lowest BCUT2D eigenvalue weighted by Gasteiger charge is -2.16. The first-order chi connectivity index (χ1) is 8.84. The SMILES string of the molecule is CNCc1ccc(OCCC(C)C)c(C(F)(F)F)c1. The Kier molecular flexibility index (Phi) is 5.66. The van der Waals surface area contributed by atoms with Gasteiger partial charge in [-0.15, -0.1) is 0 Å². The fourth-order valence-corrected chi connectivity index (χ4v) is 1.64. The van der Waals surface area contributed by atoms with Crippen molar-refractivity contribution >= 4 is 0 Å². The third-order valence-electron chi connectivity index (χ3n) is 2.68. The topological polar surface area (TPSA) is 21.3 Å². The van der Waals surface area contributed by atoms with Gasteiger partial charge in [-0.25, -0.2) is 0 Å². The van der Waals surface area contributed by atoms with Crippen molar-refractivity contribution in [3.05, 3.63) is 29.3 Å². The Labute approximate surface area is 112 Å². The maximum Gasteiger partial charge on any atom is 0.419 e. The molecule has 1 aromatic carbocycles. The third kappa shape index (κ3) is 5.11. The van der Waals surface area contributed by atoms with Crippen LogP contribution in [-0.4, -0.2) is 13.7 Å². The molecule has 0 aliphatic carbocycles. The molecule has 108 valence electrons. The molecule has 5 heteroatoms. The summed E-state index contributed by atoms with van der Waals surface area (Å²) in [7, 11) is 1.69. The smallest absolute Gasteiger partial charge is 0.419 e. The minimum absolute atomic E-state index is 0.0898. The first kappa shape index (κ1) is 15.8. The number of ether oxygens (including phenoxy) is 1. The highest BCUT2D eigenvalue weighted by Crippen LogP contribution is 2.37. The summed E-state index contributed by atoms with van der Waals surface area (Å²) in [4.78, 5) is 0. The molecule has 1 rings (SSSR count). The molecule has 1 aromatic rings. The number of rotatable bonds is 6. The van der Waals surface area contributed by atoms with Crippen molar-refractivity contribution in [1.29, 1.82) is 0 Å². The van der Waals surface area contributed by atoms with Crippen molar-refractivity contribution in [2.24, 2.45) is 5.92 Å². The summed E-state index contributed by atoms with van der Waals surface area (Å²) in [5, 5.41) is 2.83. The lowest BCUT2D eigenvalue weighted by molar-refractivity contribution is -0.139. The van der Waals surface area contributed by atoms with Crippen LogP contribution in [0.4, 0.5) is 13.2 Å². The van der Waals surface area contributed by atoms with Crippen molar-refractivity contribution < 1.29 is 17.9 Å². The summed E-state index contributed by atoms with van der Waals surface area (Å²) < 4.78 is 44.1. The average molecular weight is 275 g/mol. The molecule has 2 nitrogen and oxygen atoms in total. The second-order valence-electron chi connectivity index (χ2n) is 4.89. The van der Waals surface area contributed by atoms with Gasteiger partial charge in [0.1, 0.15) is 5.75 Å². The summed E-state index contributed by atoms with van der Waals surface area (Å²) in [6.07, 6.45) is -3.66. The van der Waals surface area contributed by atoms with E-state index in [0.717, 1.165) is 12.5 Å². The summed E-state index contributed by atoms with van der Waals surface area (Å²) in [6, 6.07) is 4.19. The Morgan fingerprint density at radius 1 is 1.26 bits per heavy atom. The van der Waals surface area contributed by atoms with Gasteiger partial charge in [-0.05, 0) is 37.1 Å². The molecular formula is C14H20F3NO. The highest BCUT2D eigenvalue weighted by Gasteiger charge is 2.34. The maximum atomic E-state index is 13.0. The largest absolute Gasteiger partial charge is 0.493 e. The van der Waals surface area contributed by atoms with Crippen molar-refractivity contribution in [3.8, 4) is 5.75 Å². The number of alkyl halides is 3. The summed E-state index contributed by atoms with van der Waals surface area (Å²) in [5.41, 5.74) is -0.116. The molecule has 1 N–H and O–H groups in total. The van der Waals surface area contributed by atoms with E-state index >= 15 is 0 Å². The van der Waals surface area contributed by atoms with E-state index in [0.29, 0.717) is 24.6 Å². The molecule has 19 heavy (non-hydrogen) atoms. The third-order valence-corrected chi connectivity index (χ3v) is 2.68. The molecule has 0 unspecified atom stereocenters. The molecule has 0 radical (unpaired) electrons. The van der Waals surface area contributed by atoms with Crippen LogP contribution in [0.25, 0.3) is 0 Å². The molecule has 0 amide bonds. The van der Waals surface area contributed by atoms with Gasteiger partial charge in [-0.2, -0.15) is 13.2 Å². The van der Waals surface area contributed by atoms with Crippen LogP contribution in [0.3, 0.4) is 0 Å². The van der Waals surface area contributed by atoms with Gasteiger partial charge < -0.3 is 10.1 Å². The predicted octanol–water partition coefficient (Wildman–Crippen LogP) is 3.85. The standard InChI is InChI=1S/C14H20F3NO/c1-10(2)6-7-19-13-5-4-11(9-18-3)8-12(13)14(15,16)17/h4-5,8,10,18H,6-7,9H2,1-3H3. The van der Waals surface area contributed by atoms with Crippen molar-refractivity contribution in [3.63, 3.8) is 0 Å². The lowest BCUT2D eigenvalue weighted by Crippen LogP contribution is -2.12. The lowest BCUT2D eigenvalue weighted by atomic mass is 10.1. The Hall–Kier alpha value is -1.23. The highest BCUT2D eigenvalue weighted by molar-refractivity contribution is 5.39. The zero-order valence-electron chi connectivity index (χ0n) is 11.5. The van der Waals surface area contributed by atoms with Gasteiger partial charge in [0, 0.05) is 6.54 Å². The molecule has 0 saturated carbocycles. The van der Waals surface area contributed by atoms with E-state index in [1.165, 1.54) is 6.07 Å². The van der Waals surface area contributed by atoms with E-state index in [2.05, 4.69) is 5.32 Å². The van der Waals surface area contributed by atoms with Crippen LogP contribution < -0.4 is 10.1 Å². The number of hydrogen-bond donors (Lipinski definition) is 1. The maximum absolute atomic E-state index is 13.0. The molecular weight excluding hydrogens is 255 g/mol. The van der Waals surface area contributed by atoms with Gasteiger partial charge in [-0.3, -0.25) is 0 Å². The minimum Gasteiger partial charge on any atom is -0.493 e. The van der Waals surface area contributed by atoms with Gasteiger partial charge in [0.2, 0.25) is 0 Å². The molecule has 0 aromatic heterocycles. The van der Waals surface area contributed by atoms with Gasteiger partial charge in [0.15, 0.2) is 0 Å². The fourth-order valence-electron chi connectivity index (χ4n) is 1.64. The Balaban J connectivity index is 2.90. The molecule has 0 spiro atoms. The average Bonchev–Trinajstić information content (AvgIpc) is 2.29. The molecule has 0 aliphatic rings. The molecule has 0 heterocycles. The Bertz CT molecular complexity index is 402. The van der Waals surface area contributed by atoms with E-state index in [9.17, 15) is 13.2 Å². The van der Waals surface area contributed by atoms with Crippen molar-refractivity contribution in [1.82, 2.24) is 5.32 Å². The number of benzene rings is 1. The van der Waals surface area contributed by atoms with E-state index in [1.54, 1.807) is 13.1 Å². The van der Waals surface area contributed by atoms with Crippen LogP contribution in [-0.2, 0) is 12.7 Å². The number of nitrogens with one attached hydrogen (secondary N) is 1. The van der Waals surface area contributed by atoms with Crippen molar-refractivity contribution in [2.45, 2.75) is 33.0 Å². The normalized spacial score (nSPS) is 11.9. The molecule has 0 atom stereocenters. The quantitative estimate of drug-likeness (QED) is 0.851. The molecule has 0 saturated heterocycles. The van der Waals surface area contributed by atoms with E-state index in [1.807, 2.05) is 13.8 Å². The summed E-state index contributed by atoms with van der Waals surface area (Å²) in [5.74, 6) is 0.311. The summed E-state index contributed by atoms with van der Waals surface area (Å²) >= 11 is 0. The van der Waals surface area contributed by atoms with Crippen LogP contribution in [0.2, 0.25) is 0 Å². The predicted molar refractivity (Wildman–Crippen MR) is 69.2 cm³/mol. The van der Waals surface area contributed by atoms with Crippen LogP contribution in [0.5, 0.6) is 5.75 Å².